The molecule has 0 heterocycles. The summed E-state index contributed by atoms with van der Waals surface area (Å²) >= 11 is 0. The number of aliphatic hydroxyl groups excluding tert-OH is 1. The van der Waals surface area contributed by atoms with E-state index < -0.39 is 0 Å². The van der Waals surface area contributed by atoms with Crippen molar-refractivity contribution in [1.82, 2.24) is 0 Å². The Labute approximate surface area is 75.1 Å². The highest BCUT2D eigenvalue weighted by atomic mass is 16.2. The zero-order valence-corrected chi connectivity index (χ0v) is 7.63. The van der Waals surface area contributed by atoms with Crippen LogP contribution >= 0.6 is 0 Å². The number of unbranched alkanes of at least 4 members (excludes halogenated alkanes) is 2. The monoisotopic (exact) mass is 166 g/mol. The molecule has 12 heavy (non-hydrogen) atoms. The fraction of sp³-hybridized carbons (Fsp3) is 0.455. The predicted molar refractivity (Wildman–Crippen MR) is 54.0 cm³/mol. The summed E-state index contributed by atoms with van der Waals surface area (Å²) in [5.41, 5.74) is 1.09. The predicted octanol–water partition coefficient (Wildman–Crippen LogP) is 2.84. The third-order valence-electron chi connectivity index (χ3n) is 1.54. The van der Waals surface area contributed by atoms with Gasteiger partial charge in [-0.1, -0.05) is 30.4 Å². The van der Waals surface area contributed by atoms with Gasteiger partial charge in [-0.15, -0.1) is 6.58 Å². The summed E-state index contributed by atoms with van der Waals surface area (Å²) in [4.78, 5) is 0. The third kappa shape index (κ3) is 7.29. The molecule has 1 heteroatoms. The largest absolute Gasteiger partial charge is 0.396 e. The minimum absolute atomic E-state index is 0.293. The number of hydrogen-bond donors (Lipinski definition) is 1. The van der Waals surface area contributed by atoms with Gasteiger partial charge >= 0.3 is 0 Å². The Bertz CT molecular complexity index is 156. The zero-order valence-electron chi connectivity index (χ0n) is 7.63. The van der Waals surface area contributed by atoms with E-state index in [0.717, 1.165) is 31.3 Å². The van der Waals surface area contributed by atoms with Crippen molar-refractivity contribution in [2.24, 2.45) is 0 Å². The van der Waals surface area contributed by atoms with Crippen molar-refractivity contribution in [3.63, 3.8) is 0 Å². The minimum atomic E-state index is 0.293. The number of allylic oxidation sites excluding steroid dienone is 4. The van der Waals surface area contributed by atoms with Crippen molar-refractivity contribution < 1.29 is 5.11 Å². The second kappa shape index (κ2) is 8.28. The van der Waals surface area contributed by atoms with E-state index in [0.29, 0.717) is 6.61 Å². The maximum Gasteiger partial charge on any atom is 0.0431 e. The van der Waals surface area contributed by atoms with Crippen molar-refractivity contribution in [2.45, 2.75) is 25.7 Å². The van der Waals surface area contributed by atoms with Gasteiger partial charge in [0.2, 0.25) is 0 Å². The standard InChI is InChI=1S/C11H18O/c1-3-8-11(2)9-6-4-5-7-10-12/h3,6,9,12H,1-2,4-5,7-8,10H2. The van der Waals surface area contributed by atoms with Crippen LogP contribution in [0.15, 0.2) is 37.0 Å². The van der Waals surface area contributed by atoms with Crippen LogP contribution in [0.5, 0.6) is 0 Å². The molecule has 0 aromatic rings. The van der Waals surface area contributed by atoms with E-state index in [1.807, 2.05) is 12.2 Å². The van der Waals surface area contributed by atoms with Crippen LogP contribution in [0.1, 0.15) is 25.7 Å². The fourth-order valence-electron chi connectivity index (χ4n) is 0.877. The first kappa shape index (κ1) is 11.2. The summed E-state index contributed by atoms with van der Waals surface area (Å²) in [7, 11) is 0. The molecule has 0 rings (SSSR count). The molecule has 0 spiro atoms. The van der Waals surface area contributed by atoms with E-state index in [4.69, 9.17) is 5.11 Å². The van der Waals surface area contributed by atoms with Crippen LogP contribution < -0.4 is 0 Å². The molecule has 0 aromatic heterocycles. The van der Waals surface area contributed by atoms with Gasteiger partial charge in [0.15, 0.2) is 0 Å². The van der Waals surface area contributed by atoms with E-state index in [-0.39, 0.29) is 0 Å². The first-order valence-corrected chi connectivity index (χ1v) is 4.37. The topological polar surface area (TPSA) is 20.2 Å². The second-order valence-corrected chi connectivity index (χ2v) is 2.77. The highest BCUT2D eigenvalue weighted by Gasteiger charge is 1.84. The van der Waals surface area contributed by atoms with Gasteiger partial charge in [0.1, 0.15) is 0 Å². The molecule has 0 aromatic carbocycles. The molecule has 0 aliphatic rings. The average Bonchev–Trinajstić information content (AvgIpc) is 2.05. The summed E-state index contributed by atoms with van der Waals surface area (Å²) < 4.78 is 0. The van der Waals surface area contributed by atoms with Crippen molar-refractivity contribution in [3.05, 3.63) is 37.0 Å². The van der Waals surface area contributed by atoms with Crippen molar-refractivity contribution in [3.8, 4) is 0 Å². The van der Waals surface area contributed by atoms with Gasteiger partial charge in [0.25, 0.3) is 0 Å². The number of rotatable bonds is 7. The smallest absolute Gasteiger partial charge is 0.0431 e. The van der Waals surface area contributed by atoms with E-state index in [1.165, 1.54) is 0 Å². The van der Waals surface area contributed by atoms with Gasteiger partial charge in [-0.2, -0.15) is 0 Å². The van der Waals surface area contributed by atoms with Crippen molar-refractivity contribution in [2.75, 3.05) is 6.61 Å². The molecular formula is C11H18O. The molecule has 68 valence electrons. The maximum atomic E-state index is 8.50. The Morgan fingerprint density at radius 2 is 2.08 bits per heavy atom. The normalized spacial score (nSPS) is 10.4. The molecule has 0 aliphatic heterocycles. The van der Waals surface area contributed by atoms with Crippen LogP contribution in [0.3, 0.4) is 0 Å². The molecule has 0 amide bonds. The minimum Gasteiger partial charge on any atom is -0.396 e. The highest BCUT2D eigenvalue weighted by Crippen LogP contribution is 2.02. The first-order chi connectivity index (χ1) is 5.81. The molecule has 1 nitrogen and oxygen atoms in total. The van der Waals surface area contributed by atoms with Gasteiger partial charge in [-0.25, -0.2) is 0 Å². The van der Waals surface area contributed by atoms with Crippen LogP contribution in [-0.4, -0.2) is 11.7 Å². The quantitative estimate of drug-likeness (QED) is 0.350. The van der Waals surface area contributed by atoms with E-state index in [2.05, 4.69) is 19.2 Å². The van der Waals surface area contributed by atoms with E-state index in [9.17, 15) is 0 Å². The van der Waals surface area contributed by atoms with E-state index in [1.54, 1.807) is 0 Å². The second-order valence-electron chi connectivity index (χ2n) is 2.77. The lowest BCUT2D eigenvalue weighted by Crippen LogP contribution is -1.80. The van der Waals surface area contributed by atoms with E-state index >= 15 is 0 Å². The third-order valence-corrected chi connectivity index (χ3v) is 1.54. The molecule has 0 saturated heterocycles. The maximum absolute atomic E-state index is 8.50. The van der Waals surface area contributed by atoms with Gasteiger partial charge in [-0.05, 0) is 25.7 Å². The number of hydrogen-bond acceptors (Lipinski definition) is 1. The molecule has 0 fully saturated rings. The van der Waals surface area contributed by atoms with Crippen LogP contribution in [0.4, 0.5) is 0 Å². The van der Waals surface area contributed by atoms with Gasteiger partial charge in [0, 0.05) is 6.61 Å². The Balaban J connectivity index is 3.34. The molecule has 0 atom stereocenters. The van der Waals surface area contributed by atoms with Crippen LogP contribution in [0, 0.1) is 0 Å². The van der Waals surface area contributed by atoms with Gasteiger partial charge < -0.3 is 5.11 Å². The Hall–Kier alpha value is -0.820. The lowest BCUT2D eigenvalue weighted by molar-refractivity contribution is 0.285. The van der Waals surface area contributed by atoms with Crippen LogP contribution in [0.25, 0.3) is 0 Å². The molecule has 0 unspecified atom stereocenters. The fourth-order valence-corrected chi connectivity index (χ4v) is 0.877. The molecule has 1 N–H and O–H groups in total. The van der Waals surface area contributed by atoms with Gasteiger partial charge in [-0.3, -0.25) is 0 Å². The molecular weight excluding hydrogens is 148 g/mol. The molecule has 0 radical (unpaired) electrons. The van der Waals surface area contributed by atoms with Gasteiger partial charge in [0.05, 0.1) is 0 Å². The SMILES string of the molecule is C=CCC(=C)C=CCCCCO. The van der Waals surface area contributed by atoms with Crippen molar-refractivity contribution in [1.29, 1.82) is 0 Å². The first-order valence-electron chi connectivity index (χ1n) is 4.37. The highest BCUT2D eigenvalue weighted by molar-refractivity contribution is 5.16. The Morgan fingerprint density at radius 1 is 1.33 bits per heavy atom. The Kier molecular flexibility index (Phi) is 7.71. The number of aliphatic hydroxyl groups is 1. The molecule has 0 saturated carbocycles. The lowest BCUT2D eigenvalue weighted by atomic mass is 10.1. The summed E-state index contributed by atoms with van der Waals surface area (Å²) in [6.45, 7) is 7.78. The zero-order chi connectivity index (χ0) is 9.23. The Morgan fingerprint density at radius 3 is 2.67 bits per heavy atom. The summed E-state index contributed by atoms with van der Waals surface area (Å²) in [5, 5.41) is 8.50. The summed E-state index contributed by atoms with van der Waals surface area (Å²) in [6, 6.07) is 0. The molecule has 0 bridgehead atoms. The van der Waals surface area contributed by atoms with Crippen LogP contribution in [0.2, 0.25) is 0 Å². The molecule has 0 aliphatic carbocycles. The average molecular weight is 166 g/mol. The summed E-state index contributed by atoms with van der Waals surface area (Å²) in [5.74, 6) is 0. The van der Waals surface area contributed by atoms with Crippen LogP contribution in [-0.2, 0) is 0 Å². The lowest BCUT2D eigenvalue weighted by Gasteiger charge is -1.93. The van der Waals surface area contributed by atoms with Crippen molar-refractivity contribution >= 4 is 0 Å². The summed E-state index contributed by atoms with van der Waals surface area (Å²) in [6.07, 6.45) is 9.79.